The first-order chi connectivity index (χ1) is 9.73. The standard InChI is InChI=1S/C15H24N2O4/c1-14(2)20-13-11(9-18-6)19-12(15(13,3)21-14)10(7-16)8-17(4)5/h8,11-13H,9H2,1-6H3/t11-,12?,13-,15+/m1/s1. The lowest BCUT2D eigenvalue weighted by Gasteiger charge is -2.29. The van der Waals surface area contributed by atoms with Crippen LogP contribution in [0, 0.1) is 11.3 Å². The second kappa shape index (κ2) is 5.58. The lowest BCUT2D eigenvalue weighted by molar-refractivity contribution is -0.200. The van der Waals surface area contributed by atoms with E-state index < -0.39 is 17.5 Å². The van der Waals surface area contributed by atoms with E-state index in [0.717, 1.165) is 0 Å². The van der Waals surface area contributed by atoms with Crippen molar-refractivity contribution in [3.05, 3.63) is 11.8 Å². The van der Waals surface area contributed by atoms with Crippen LogP contribution in [0.1, 0.15) is 20.8 Å². The van der Waals surface area contributed by atoms with Gasteiger partial charge in [0, 0.05) is 27.4 Å². The lowest BCUT2D eigenvalue weighted by Crippen LogP contribution is -2.45. The fourth-order valence-corrected chi connectivity index (χ4v) is 3.17. The largest absolute Gasteiger partial charge is 0.383 e. The van der Waals surface area contributed by atoms with E-state index in [1.54, 1.807) is 13.3 Å². The molecule has 1 unspecified atom stereocenters. The Bertz CT molecular complexity index is 469. The summed E-state index contributed by atoms with van der Waals surface area (Å²) in [5.74, 6) is -0.702. The van der Waals surface area contributed by atoms with Crippen molar-refractivity contribution in [3.8, 4) is 6.07 Å². The fraction of sp³-hybridized carbons (Fsp3) is 0.800. The summed E-state index contributed by atoms with van der Waals surface area (Å²) in [5, 5.41) is 9.46. The molecule has 0 amide bonds. The first-order valence-corrected chi connectivity index (χ1v) is 7.04. The van der Waals surface area contributed by atoms with Crippen molar-refractivity contribution in [2.75, 3.05) is 27.8 Å². The van der Waals surface area contributed by atoms with Gasteiger partial charge in [0.2, 0.25) is 0 Å². The van der Waals surface area contributed by atoms with Crippen LogP contribution in [-0.2, 0) is 18.9 Å². The number of fused-ring (bicyclic) bond motifs is 1. The molecule has 2 aliphatic rings. The highest BCUT2D eigenvalue weighted by atomic mass is 16.8. The van der Waals surface area contributed by atoms with Crippen LogP contribution in [0.3, 0.4) is 0 Å². The predicted molar refractivity (Wildman–Crippen MR) is 76.4 cm³/mol. The fourth-order valence-electron chi connectivity index (χ4n) is 3.17. The molecule has 0 N–H and O–H groups in total. The number of methoxy groups -OCH3 is 1. The molecule has 2 fully saturated rings. The average Bonchev–Trinajstić information content (AvgIpc) is 2.75. The molecule has 4 atom stereocenters. The molecular weight excluding hydrogens is 272 g/mol. The summed E-state index contributed by atoms with van der Waals surface area (Å²) in [5.41, 5.74) is -0.183. The molecule has 2 heterocycles. The SMILES string of the molecule is COC[C@H]1OC(C(C#N)=CN(C)C)[C@]2(C)OC(C)(C)O[C@H]12. The number of hydrogen-bond donors (Lipinski definition) is 0. The van der Waals surface area contributed by atoms with Crippen molar-refractivity contribution in [2.24, 2.45) is 0 Å². The van der Waals surface area contributed by atoms with E-state index >= 15 is 0 Å². The molecule has 0 aliphatic carbocycles. The van der Waals surface area contributed by atoms with E-state index in [9.17, 15) is 5.26 Å². The van der Waals surface area contributed by atoms with Gasteiger partial charge in [-0.05, 0) is 20.8 Å². The van der Waals surface area contributed by atoms with Crippen molar-refractivity contribution in [1.29, 1.82) is 5.26 Å². The summed E-state index contributed by atoms with van der Waals surface area (Å²) in [7, 11) is 5.36. The van der Waals surface area contributed by atoms with Crippen molar-refractivity contribution >= 4 is 0 Å². The van der Waals surface area contributed by atoms with E-state index in [-0.39, 0.29) is 12.2 Å². The van der Waals surface area contributed by atoms with Gasteiger partial charge in [-0.15, -0.1) is 0 Å². The topological polar surface area (TPSA) is 64.0 Å². The summed E-state index contributed by atoms with van der Waals surface area (Å²) < 4.78 is 23.3. The Labute approximate surface area is 126 Å². The van der Waals surface area contributed by atoms with Crippen molar-refractivity contribution in [2.45, 2.75) is 50.5 Å². The molecule has 0 aromatic carbocycles. The average molecular weight is 296 g/mol. The lowest BCUT2D eigenvalue weighted by atomic mass is 9.89. The van der Waals surface area contributed by atoms with Gasteiger partial charge >= 0.3 is 0 Å². The number of nitrogens with zero attached hydrogens (tertiary/aromatic N) is 2. The Morgan fingerprint density at radius 3 is 2.57 bits per heavy atom. The number of ether oxygens (including phenoxy) is 4. The summed E-state index contributed by atoms with van der Waals surface area (Å²) in [4.78, 5) is 1.82. The molecule has 0 saturated carbocycles. The first-order valence-electron chi connectivity index (χ1n) is 7.04. The molecule has 0 radical (unpaired) electrons. The Hall–Kier alpha value is -1.13. The van der Waals surface area contributed by atoms with Crippen LogP contribution < -0.4 is 0 Å². The molecular formula is C15H24N2O4. The van der Waals surface area contributed by atoms with Gasteiger partial charge in [0.05, 0.1) is 18.2 Å². The molecule has 118 valence electrons. The molecule has 0 aromatic rings. The van der Waals surface area contributed by atoms with Gasteiger partial charge in [-0.3, -0.25) is 0 Å². The Morgan fingerprint density at radius 1 is 1.38 bits per heavy atom. The molecule has 0 bridgehead atoms. The maximum absolute atomic E-state index is 9.46. The minimum Gasteiger partial charge on any atom is -0.383 e. The third kappa shape index (κ3) is 2.92. The maximum Gasteiger partial charge on any atom is 0.164 e. The molecule has 6 heteroatoms. The highest BCUT2D eigenvalue weighted by molar-refractivity contribution is 5.32. The zero-order valence-electron chi connectivity index (χ0n) is 13.5. The van der Waals surface area contributed by atoms with Crippen LogP contribution in [0.15, 0.2) is 11.8 Å². The Morgan fingerprint density at radius 2 is 2.05 bits per heavy atom. The first kappa shape index (κ1) is 16.2. The molecule has 2 rings (SSSR count). The van der Waals surface area contributed by atoms with Gasteiger partial charge in [-0.2, -0.15) is 5.26 Å². The zero-order valence-corrected chi connectivity index (χ0v) is 13.5. The Balaban J connectivity index is 2.36. The van der Waals surface area contributed by atoms with Gasteiger partial charge in [-0.25, -0.2) is 0 Å². The van der Waals surface area contributed by atoms with E-state index in [0.29, 0.717) is 12.2 Å². The van der Waals surface area contributed by atoms with Crippen molar-refractivity contribution in [3.63, 3.8) is 0 Å². The van der Waals surface area contributed by atoms with E-state index in [1.165, 1.54) is 0 Å². The van der Waals surface area contributed by atoms with E-state index in [4.69, 9.17) is 18.9 Å². The minimum atomic E-state index is -0.704. The normalized spacial score (nSPS) is 38.1. The summed E-state index contributed by atoms with van der Waals surface area (Å²) in [6.45, 7) is 6.09. The highest BCUT2D eigenvalue weighted by Gasteiger charge is 2.64. The molecule has 2 saturated heterocycles. The monoisotopic (exact) mass is 296 g/mol. The van der Waals surface area contributed by atoms with Gasteiger partial charge in [0.15, 0.2) is 5.79 Å². The quantitative estimate of drug-likeness (QED) is 0.728. The van der Waals surface area contributed by atoms with Crippen LogP contribution in [-0.4, -0.2) is 62.4 Å². The van der Waals surface area contributed by atoms with E-state index in [1.807, 2.05) is 39.8 Å². The zero-order chi connectivity index (χ0) is 15.8. The van der Waals surface area contributed by atoms with Gasteiger partial charge in [0.25, 0.3) is 0 Å². The molecule has 6 nitrogen and oxygen atoms in total. The molecule has 2 aliphatic heterocycles. The summed E-state index contributed by atoms with van der Waals surface area (Å²) in [6, 6.07) is 2.22. The maximum atomic E-state index is 9.46. The summed E-state index contributed by atoms with van der Waals surface area (Å²) >= 11 is 0. The van der Waals surface area contributed by atoms with Gasteiger partial charge < -0.3 is 23.8 Å². The van der Waals surface area contributed by atoms with Crippen LogP contribution >= 0.6 is 0 Å². The third-order valence-corrected chi connectivity index (χ3v) is 3.75. The second-order valence-electron chi connectivity index (χ2n) is 6.39. The van der Waals surface area contributed by atoms with Crippen LogP contribution in [0.2, 0.25) is 0 Å². The summed E-state index contributed by atoms with van der Waals surface area (Å²) in [6.07, 6.45) is 0.760. The van der Waals surface area contributed by atoms with Crippen molar-refractivity contribution in [1.82, 2.24) is 4.90 Å². The Kier molecular flexibility index (Phi) is 4.31. The van der Waals surface area contributed by atoms with E-state index in [2.05, 4.69) is 6.07 Å². The van der Waals surface area contributed by atoms with Gasteiger partial charge in [0.1, 0.15) is 23.9 Å². The molecule has 0 aromatic heterocycles. The second-order valence-corrected chi connectivity index (χ2v) is 6.39. The smallest absolute Gasteiger partial charge is 0.164 e. The van der Waals surface area contributed by atoms with Crippen LogP contribution in [0.5, 0.6) is 0 Å². The number of nitriles is 1. The van der Waals surface area contributed by atoms with Gasteiger partial charge in [-0.1, -0.05) is 0 Å². The van der Waals surface area contributed by atoms with Crippen LogP contribution in [0.25, 0.3) is 0 Å². The van der Waals surface area contributed by atoms with Crippen LogP contribution in [0.4, 0.5) is 0 Å². The van der Waals surface area contributed by atoms with Crippen molar-refractivity contribution < 1.29 is 18.9 Å². The molecule has 0 spiro atoms. The highest BCUT2D eigenvalue weighted by Crippen LogP contribution is 2.48. The third-order valence-electron chi connectivity index (χ3n) is 3.75. The molecule has 21 heavy (non-hydrogen) atoms. The number of rotatable bonds is 4. The minimum absolute atomic E-state index is 0.259. The predicted octanol–water partition coefficient (Wildman–Crippen LogP) is 1.28. The number of hydrogen-bond acceptors (Lipinski definition) is 6.